The van der Waals surface area contributed by atoms with E-state index in [2.05, 4.69) is 102 Å². The van der Waals surface area contributed by atoms with Gasteiger partial charge in [0.05, 0.1) is 0 Å². The van der Waals surface area contributed by atoms with Crippen LogP contribution in [0.1, 0.15) is 60.8 Å². The largest absolute Gasteiger partial charge is 0.407 e. The summed E-state index contributed by atoms with van der Waals surface area (Å²) in [5.74, 6) is 0. The highest BCUT2D eigenvalue weighted by molar-refractivity contribution is 6.99. The average Bonchev–Trinajstić information content (AvgIpc) is 2.66. The fourth-order valence-electron chi connectivity index (χ4n) is 4.08. The average molecular weight is 369 g/mol. The van der Waals surface area contributed by atoms with Crippen molar-refractivity contribution in [1.82, 2.24) is 0 Å². The van der Waals surface area contributed by atoms with Gasteiger partial charge in [-0.2, -0.15) is 0 Å². The predicted molar refractivity (Wildman–Crippen MR) is 117 cm³/mol. The first-order valence-corrected chi connectivity index (χ1v) is 12.0. The third kappa shape index (κ3) is 3.97. The van der Waals surface area contributed by atoms with E-state index in [9.17, 15) is 0 Å². The zero-order chi connectivity index (χ0) is 19.3. The number of benzene rings is 2. The molecule has 0 aliphatic carbocycles. The minimum atomic E-state index is -2.41. The Balaban J connectivity index is 2.61. The molecule has 0 spiro atoms. The van der Waals surface area contributed by atoms with Gasteiger partial charge in [0.1, 0.15) is 0 Å². The van der Waals surface area contributed by atoms with Gasteiger partial charge in [0.25, 0.3) is 8.32 Å². The van der Waals surface area contributed by atoms with Crippen molar-refractivity contribution in [2.45, 2.75) is 65.8 Å². The highest BCUT2D eigenvalue weighted by atomic mass is 28.4. The lowest BCUT2D eigenvalue weighted by Crippen LogP contribution is -2.67. The van der Waals surface area contributed by atoms with Crippen LogP contribution in [0.15, 0.2) is 60.7 Å². The monoisotopic (exact) mass is 368 g/mol. The first kappa shape index (κ1) is 20.9. The number of hydrogen-bond acceptors (Lipinski definition) is 1. The van der Waals surface area contributed by atoms with Gasteiger partial charge >= 0.3 is 0 Å². The molecule has 0 aromatic heterocycles. The molecular weight excluding hydrogens is 332 g/mol. The summed E-state index contributed by atoms with van der Waals surface area (Å²) in [6, 6.07) is 21.9. The van der Waals surface area contributed by atoms with E-state index in [1.54, 1.807) is 0 Å². The zero-order valence-corrected chi connectivity index (χ0v) is 18.5. The molecule has 0 fully saturated rings. The highest BCUT2D eigenvalue weighted by Crippen LogP contribution is 2.39. The predicted octanol–water partition coefficient (Wildman–Crippen LogP) is 5.78. The Morgan fingerprint density at radius 1 is 0.692 bits per heavy atom. The summed E-state index contributed by atoms with van der Waals surface area (Å²) in [6.45, 7) is 14.8. The fraction of sp³-hybridized carbons (Fsp3) is 0.500. The fourth-order valence-corrected chi connectivity index (χ4v) is 8.76. The maximum absolute atomic E-state index is 7.14. The van der Waals surface area contributed by atoms with Crippen LogP contribution in [0.5, 0.6) is 0 Å². The molecule has 0 N–H and O–H groups in total. The zero-order valence-electron chi connectivity index (χ0n) is 17.5. The molecule has 0 aliphatic rings. The molecule has 2 heteroatoms. The molecule has 0 saturated heterocycles. The van der Waals surface area contributed by atoms with Gasteiger partial charge in [-0.1, -0.05) is 102 Å². The van der Waals surface area contributed by atoms with Crippen LogP contribution in [-0.2, 0) is 4.43 Å². The van der Waals surface area contributed by atoms with Gasteiger partial charge in [0.15, 0.2) is 0 Å². The molecule has 1 nitrogen and oxygen atoms in total. The molecule has 0 unspecified atom stereocenters. The second-order valence-electron chi connectivity index (χ2n) is 8.51. The van der Waals surface area contributed by atoms with Crippen molar-refractivity contribution in [3.63, 3.8) is 0 Å². The van der Waals surface area contributed by atoms with Crippen LogP contribution in [0.3, 0.4) is 0 Å². The molecule has 0 aliphatic heterocycles. The number of rotatable bonds is 8. The Labute approximate surface area is 161 Å². The third-order valence-corrected chi connectivity index (χ3v) is 11.2. The molecule has 0 bridgehead atoms. The summed E-state index contributed by atoms with van der Waals surface area (Å²) in [6.07, 6.45) is 3.49. The minimum Gasteiger partial charge on any atom is -0.407 e. The quantitative estimate of drug-likeness (QED) is 0.537. The van der Waals surface area contributed by atoms with Crippen molar-refractivity contribution < 1.29 is 4.43 Å². The van der Waals surface area contributed by atoms with Crippen molar-refractivity contribution in [1.29, 1.82) is 0 Å². The normalized spacial score (nSPS) is 13.0. The third-order valence-electron chi connectivity index (χ3n) is 6.26. The maximum Gasteiger partial charge on any atom is 0.261 e. The molecule has 2 aromatic carbocycles. The summed E-state index contributed by atoms with van der Waals surface area (Å²) < 4.78 is 7.14. The van der Waals surface area contributed by atoms with Crippen LogP contribution in [0, 0.1) is 5.41 Å². The van der Waals surface area contributed by atoms with Gasteiger partial charge in [-0.25, -0.2) is 0 Å². The van der Waals surface area contributed by atoms with Crippen LogP contribution < -0.4 is 10.4 Å². The summed E-state index contributed by atoms with van der Waals surface area (Å²) in [7, 11) is -2.41. The van der Waals surface area contributed by atoms with E-state index < -0.39 is 8.32 Å². The molecule has 2 aromatic rings. The Hall–Kier alpha value is -1.38. The van der Waals surface area contributed by atoms with Crippen molar-refractivity contribution in [3.05, 3.63) is 60.7 Å². The van der Waals surface area contributed by atoms with E-state index in [0.29, 0.717) is 0 Å². The van der Waals surface area contributed by atoms with Crippen molar-refractivity contribution >= 4 is 18.7 Å². The van der Waals surface area contributed by atoms with E-state index in [1.807, 2.05) is 0 Å². The number of hydrogen-bond donors (Lipinski definition) is 0. The molecule has 142 valence electrons. The lowest BCUT2D eigenvalue weighted by atomic mass is 9.81. The maximum atomic E-state index is 7.14. The van der Waals surface area contributed by atoms with Crippen molar-refractivity contribution in [2.75, 3.05) is 6.61 Å². The molecule has 0 heterocycles. The van der Waals surface area contributed by atoms with Crippen LogP contribution >= 0.6 is 0 Å². The van der Waals surface area contributed by atoms with Crippen molar-refractivity contribution in [3.8, 4) is 0 Å². The Morgan fingerprint density at radius 3 is 1.38 bits per heavy atom. The SMILES string of the molecule is CCC(CC)(CC)CO[Si](c1ccccc1)(c1ccccc1)C(C)(C)C. The van der Waals surface area contributed by atoms with Gasteiger partial charge in [-0.15, -0.1) is 0 Å². The van der Waals surface area contributed by atoms with E-state index in [1.165, 1.54) is 10.4 Å². The molecule has 0 atom stereocenters. The van der Waals surface area contributed by atoms with Crippen LogP contribution in [-0.4, -0.2) is 14.9 Å². The second kappa shape index (κ2) is 8.54. The molecule has 2 rings (SSSR count). The van der Waals surface area contributed by atoms with Gasteiger partial charge in [-0.05, 0) is 40.1 Å². The lowest BCUT2D eigenvalue weighted by molar-refractivity contribution is 0.120. The van der Waals surface area contributed by atoms with Crippen LogP contribution in [0.25, 0.3) is 0 Å². The van der Waals surface area contributed by atoms with Gasteiger partial charge < -0.3 is 4.43 Å². The van der Waals surface area contributed by atoms with Crippen LogP contribution in [0.4, 0.5) is 0 Å². The van der Waals surface area contributed by atoms with Gasteiger partial charge in [0, 0.05) is 6.61 Å². The standard InChI is InChI=1S/C24H36OSi/c1-7-24(8-2,9-3)20-25-26(23(4,5)6,21-16-12-10-13-17-21)22-18-14-11-15-19-22/h10-19H,7-9,20H2,1-6H3. The van der Waals surface area contributed by atoms with Gasteiger partial charge in [-0.3, -0.25) is 0 Å². The summed E-state index contributed by atoms with van der Waals surface area (Å²) in [4.78, 5) is 0. The second-order valence-corrected chi connectivity index (χ2v) is 12.8. The molecular formula is C24H36OSi. The summed E-state index contributed by atoms with van der Waals surface area (Å²) in [5, 5.41) is 2.79. The van der Waals surface area contributed by atoms with E-state index in [4.69, 9.17) is 4.43 Å². The summed E-state index contributed by atoms with van der Waals surface area (Å²) in [5.41, 5.74) is 0.271. The summed E-state index contributed by atoms with van der Waals surface area (Å²) >= 11 is 0. The Bertz CT molecular complexity index is 606. The Morgan fingerprint density at radius 2 is 1.08 bits per heavy atom. The van der Waals surface area contributed by atoms with Crippen LogP contribution in [0.2, 0.25) is 5.04 Å². The topological polar surface area (TPSA) is 9.23 Å². The van der Waals surface area contributed by atoms with Crippen molar-refractivity contribution in [2.24, 2.45) is 5.41 Å². The lowest BCUT2D eigenvalue weighted by Gasteiger charge is -2.45. The highest BCUT2D eigenvalue weighted by Gasteiger charge is 2.50. The first-order chi connectivity index (χ1) is 12.3. The molecule has 0 radical (unpaired) electrons. The molecule has 26 heavy (non-hydrogen) atoms. The van der Waals surface area contributed by atoms with E-state index >= 15 is 0 Å². The molecule has 0 amide bonds. The van der Waals surface area contributed by atoms with E-state index in [-0.39, 0.29) is 10.5 Å². The Kier molecular flexibility index (Phi) is 6.87. The van der Waals surface area contributed by atoms with E-state index in [0.717, 1.165) is 25.9 Å². The minimum absolute atomic E-state index is 0.0523. The first-order valence-electron chi connectivity index (χ1n) is 10.1. The molecule has 0 saturated carbocycles. The van der Waals surface area contributed by atoms with Gasteiger partial charge in [0.2, 0.25) is 0 Å². The smallest absolute Gasteiger partial charge is 0.261 e.